The summed E-state index contributed by atoms with van der Waals surface area (Å²) in [5, 5.41) is 2.94. The summed E-state index contributed by atoms with van der Waals surface area (Å²) in [6, 6.07) is 9.51. The minimum atomic E-state index is -0.0379. The molecule has 1 aliphatic carbocycles. The van der Waals surface area contributed by atoms with E-state index in [9.17, 15) is 9.59 Å². The molecule has 6 heteroatoms. The van der Waals surface area contributed by atoms with E-state index in [1.165, 1.54) is 0 Å². The summed E-state index contributed by atoms with van der Waals surface area (Å²) < 4.78 is 0. The van der Waals surface area contributed by atoms with Gasteiger partial charge in [0.15, 0.2) is 0 Å². The zero-order valence-corrected chi connectivity index (χ0v) is 16.4. The van der Waals surface area contributed by atoms with Crippen LogP contribution < -0.4 is 5.32 Å². The van der Waals surface area contributed by atoms with E-state index < -0.39 is 0 Å². The molecule has 1 aromatic rings. The van der Waals surface area contributed by atoms with Crippen molar-refractivity contribution < 1.29 is 9.59 Å². The third-order valence-corrected chi connectivity index (χ3v) is 5.20. The molecule has 2 amide bonds. The molecule has 3 rings (SSSR count). The predicted molar refractivity (Wildman–Crippen MR) is 108 cm³/mol. The molecular weight excluding hydrogens is 340 g/mol. The number of carbonyl (C=O) groups is 2. The van der Waals surface area contributed by atoms with Crippen LogP contribution in [-0.2, 0) is 4.79 Å². The van der Waals surface area contributed by atoms with Crippen LogP contribution in [0.1, 0.15) is 33.1 Å². The molecule has 1 saturated heterocycles. The van der Waals surface area contributed by atoms with Gasteiger partial charge in [-0.25, -0.2) is 4.79 Å². The van der Waals surface area contributed by atoms with Crippen LogP contribution in [0.15, 0.2) is 35.3 Å². The van der Waals surface area contributed by atoms with E-state index in [1.807, 2.05) is 35.2 Å². The molecule has 27 heavy (non-hydrogen) atoms. The van der Waals surface area contributed by atoms with E-state index in [0.717, 1.165) is 57.1 Å². The Hall–Kier alpha value is -2.21. The number of ketones is 1. The van der Waals surface area contributed by atoms with Crippen molar-refractivity contribution in [2.75, 3.05) is 44.6 Å². The third-order valence-electron chi connectivity index (χ3n) is 5.20. The lowest BCUT2D eigenvalue weighted by Gasteiger charge is -2.34. The van der Waals surface area contributed by atoms with Gasteiger partial charge in [0.05, 0.1) is 6.54 Å². The molecule has 1 heterocycles. The number of anilines is 1. The first-order chi connectivity index (χ1) is 12.9. The number of hydrogen-bond donors (Lipinski definition) is 1. The zero-order chi connectivity index (χ0) is 19.3. The summed E-state index contributed by atoms with van der Waals surface area (Å²) >= 11 is 0. The number of Topliss-reactive ketones (excluding diaryl/α,β-unsaturated/α-hetero) is 1. The highest BCUT2D eigenvalue weighted by atomic mass is 16.2. The molecule has 146 valence electrons. The molecule has 0 spiro atoms. The quantitative estimate of drug-likeness (QED) is 0.886. The molecule has 0 atom stereocenters. The number of benzene rings is 1. The monoisotopic (exact) mass is 370 g/mol. The fourth-order valence-corrected chi connectivity index (χ4v) is 3.86. The first kappa shape index (κ1) is 19.5. The lowest BCUT2D eigenvalue weighted by atomic mass is 9.76. The van der Waals surface area contributed by atoms with Gasteiger partial charge in [-0.15, -0.1) is 0 Å². The second kappa shape index (κ2) is 8.65. The third kappa shape index (κ3) is 5.89. The maximum atomic E-state index is 12.3. The van der Waals surface area contributed by atoms with Crippen molar-refractivity contribution in [3.8, 4) is 0 Å². The largest absolute Gasteiger partial charge is 0.322 e. The van der Waals surface area contributed by atoms with E-state index in [0.29, 0.717) is 18.6 Å². The number of para-hydroxylation sites is 1. The summed E-state index contributed by atoms with van der Waals surface area (Å²) in [6.45, 7) is 9.05. The van der Waals surface area contributed by atoms with Crippen LogP contribution in [0.3, 0.4) is 0 Å². The average Bonchev–Trinajstić information content (AvgIpc) is 2.61. The fourth-order valence-electron chi connectivity index (χ4n) is 3.86. The van der Waals surface area contributed by atoms with Crippen LogP contribution in [0.2, 0.25) is 0 Å². The number of urea groups is 1. The molecule has 2 aliphatic rings. The summed E-state index contributed by atoms with van der Waals surface area (Å²) in [5.74, 6) is 0.308. The van der Waals surface area contributed by atoms with Crippen molar-refractivity contribution in [1.29, 1.82) is 0 Å². The van der Waals surface area contributed by atoms with Crippen LogP contribution in [-0.4, -0.2) is 66.6 Å². The topological polar surface area (TPSA) is 65.0 Å². The Balaban J connectivity index is 1.40. The summed E-state index contributed by atoms with van der Waals surface area (Å²) in [5.41, 5.74) is 1.93. The summed E-state index contributed by atoms with van der Waals surface area (Å²) in [6.07, 6.45) is 2.11. The molecule has 1 N–H and O–H groups in total. The van der Waals surface area contributed by atoms with Crippen molar-refractivity contribution in [3.05, 3.63) is 30.3 Å². The van der Waals surface area contributed by atoms with Gasteiger partial charge in [-0.05, 0) is 24.0 Å². The van der Waals surface area contributed by atoms with Gasteiger partial charge in [0, 0.05) is 57.0 Å². The van der Waals surface area contributed by atoms with Crippen molar-refractivity contribution in [2.45, 2.75) is 33.1 Å². The molecule has 2 fully saturated rings. The van der Waals surface area contributed by atoms with E-state index in [4.69, 9.17) is 4.99 Å². The van der Waals surface area contributed by atoms with Gasteiger partial charge in [0.1, 0.15) is 5.78 Å². The van der Waals surface area contributed by atoms with Gasteiger partial charge in [0.25, 0.3) is 0 Å². The van der Waals surface area contributed by atoms with E-state index in [-0.39, 0.29) is 11.4 Å². The Morgan fingerprint density at radius 3 is 2.48 bits per heavy atom. The van der Waals surface area contributed by atoms with Gasteiger partial charge < -0.3 is 10.2 Å². The Kier molecular flexibility index (Phi) is 6.26. The maximum Gasteiger partial charge on any atom is 0.321 e. The molecule has 0 bridgehead atoms. The summed E-state index contributed by atoms with van der Waals surface area (Å²) in [7, 11) is 0. The Morgan fingerprint density at radius 2 is 1.81 bits per heavy atom. The number of rotatable bonds is 4. The lowest BCUT2D eigenvalue weighted by molar-refractivity contribution is -0.120. The summed E-state index contributed by atoms with van der Waals surface area (Å²) in [4.78, 5) is 33.1. The number of carbonyl (C=O) groups excluding carboxylic acids is 2. The van der Waals surface area contributed by atoms with Crippen molar-refractivity contribution in [1.82, 2.24) is 9.80 Å². The molecule has 0 aromatic heterocycles. The second-order valence-electron chi connectivity index (χ2n) is 8.31. The van der Waals surface area contributed by atoms with Crippen molar-refractivity contribution in [2.24, 2.45) is 10.4 Å². The molecule has 1 aromatic carbocycles. The van der Waals surface area contributed by atoms with Crippen LogP contribution in [0.25, 0.3) is 0 Å². The van der Waals surface area contributed by atoms with Crippen molar-refractivity contribution >= 4 is 23.2 Å². The standard InChI is InChI=1S/C21H30N4O2/c1-21(2)15-18(14-19(26)16-21)22-8-9-24-10-12-25(13-11-24)20(27)23-17-6-4-3-5-7-17/h3-7H,8-16H2,1-2H3,(H,23,27). The van der Waals surface area contributed by atoms with Crippen LogP contribution in [0.5, 0.6) is 0 Å². The maximum absolute atomic E-state index is 12.3. The van der Waals surface area contributed by atoms with Gasteiger partial charge in [-0.3, -0.25) is 14.7 Å². The highest BCUT2D eigenvalue weighted by molar-refractivity contribution is 6.04. The smallest absolute Gasteiger partial charge is 0.321 e. The number of nitrogens with zero attached hydrogens (tertiary/aromatic N) is 3. The fraction of sp³-hybridized carbons (Fsp3) is 0.571. The number of piperazine rings is 1. The Labute approximate surface area is 161 Å². The van der Waals surface area contributed by atoms with Crippen LogP contribution >= 0.6 is 0 Å². The second-order valence-corrected chi connectivity index (χ2v) is 8.31. The SMILES string of the molecule is CC1(C)CC(=O)CC(=NCCN2CCN(C(=O)Nc3ccccc3)CC2)C1. The van der Waals surface area contributed by atoms with Gasteiger partial charge in [-0.1, -0.05) is 32.0 Å². The normalized spacial score (nSPS) is 22.1. The van der Waals surface area contributed by atoms with E-state index in [1.54, 1.807) is 0 Å². The average molecular weight is 370 g/mol. The highest BCUT2D eigenvalue weighted by Crippen LogP contribution is 2.31. The molecule has 6 nitrogen and oxygen atoms in total. The van der Waals surface area contributed by atoms with E-state index >= 15 is 0 Å². The first-order valence-electron chi connectivity index (χ1n) is 9.78. The lowest BCUT2D eigenvalue weighted by Crippen LogP contribution is -2.50. The molecule has 1 aliphatic heterocycles. The van der Waals surface area contributed by atoms with Crippen LogP contribution in [0.4, 0.5) is 10.5 Å². The van der Waals surface area contributed by atoms with E-state index in [2.05, 4.69) is 24.1 Å². The predicted octanol–water partition coefficient (Wildman–Crippen LogP) is 3.06. The molecule has 0 radical (unpaired) electrons. The number of hydrogen-bond acceptors (Lipinski definition) is 4. The van der Waals surface area contributed by atoms with Crippen LogP contribution in [0, 0.1) is 5.41 Å². The number of aliphatic imine (C=N–C) groups is 1. The minimum Gasteiger partial charge on any atom is -0.322 e. The number of nitrogens with one attached hydrogen (secondary N) is 1. The highest BCUT2D eigenvalue weighted by Gasteiger charge is 2.30. The van der Waals surface area contributed by atoms with Gasteiger partial charge in [0.2, 0.25) is 0 Å². The Bertz CT molecular complexity index is 691. The van der Waals surface area contributed by atoms with Gasteiger partial charge >= 0.3 is 6.03 Å². The molecule has 0 unspecified atom stereocenters. The van der Waals surface area contributed by atoms with Crippen molar-refractivity contribution in [3.63, 3.8) is 0 Å². The number of amides is 2. The van der Waals surface area contributed by atoms with Gasteiger partial charge in [-0.2, -0.15) is 0 Å². The Morgan fingerprint density at radius 1 is 1.11 bits per heavy atom. The minimum absolute atomic E-state index is 0.0379. The molecule has 1 saturated carbocycles. The molecular formula is C21H30N4O2. The first-order valence-corrected chi connectivity index (χ1v) is 9.78. The zero-order valence-electron chi connectivity index (χ0n) is 16.4.